The lowest BCUT2D eigenvalue weighted by Crippen LogP contribution is -2.60. The maximum Gasteiger partial charge on any atom is 0.410 e. The van der Waals surface area contributed by atoms with Gasteiger partial charge in [0.05, 0.1) is 18.6 Å². The highest BCUT2D eigenvalue weighted by Gasteiger charge is 2.41. The van der Waals surface area contributed by atoms with Crippen molar-refractivity contribution in [1.82, 2.24) is 41.0 Å². The molecule has 0 aromatic heterocycles. The second-order valence-electron chi connectivity index (χ2n) is 22.4. The van der Waals surface area contributed by atoms with Crippen LogP contribution in [-0.2, 0) is 64.1 Å². The molecule has 2 saturated heterocycles. The van der Waals surface area contributed by atoms with E-state index in [-0.39, 0.29) is 93.7 Å². The van der Waals surface area contributed by atoms with E-state index in [1.807, 2.05) is 39.5 Å². The van der Waals surface area contributed by atoms with Crippen molar-refractivity contribution in [2.24, 2.45) is 29.4 Å². The van der Waals surface area contributed by atoms with Gasteiger partial charge < -0.3 is 56.4 Å². The molecule has 0 bridgehead atoms. The molecule has 24 heteroatoms. The summed E-state index contributed by atoms with van der Waals surface area (Å²) < 4.78 is 11.6. The van der Waals surface area contributed by atoms with Crippen LogP contribution in [0.15, 0.2) is 24.3 Å². The van der Waals surface area contributed by atoms with Gasteiger partial charge in [-0.2, -0.15) is 0 Å². The Hall–Kier alpha value is -6.85. The molecule has 2 heterocycles. The molecule has 0 saturated carbocycles. The Bertz CT molecular complexity index is 2300. The van der Waals surface area contributed by atoms with Gasteiger partial charge in [0.25, 0.3) is 11.8 Å². The molecule has 0 spiro atoms. The number of methoxy groups -OCH3 is 1. The summed E-state index contributed by atoms with van der Waals surface area (Å²) in [5.41, 5.74) is 6.12. The van der Waals surface area contributed by atoms with Gasteiger partial charge in [0.1, 0.15) is 30.8 Å². The summed E-state index contributed by atoms with van der Waals surface area (Å²) in [5.74, 6) is -5.47. The standard InChI is InChI=1S/C57H92N10O14/c1-13-37(8)51(42(79-12)32-46(71)66-31-19-20-38(66)9)64(10)55(76)49(35(4)5)63-54(75)50(36(6)7)65(11)57(78)80-33-39-24-26-40(27-25-39)60-52(73)41(21-18-30-59-56(58)77)61-53(74)48(34(2)3)62-43(68)22-16-14-15-17-23-47(72)81-67-44(69)28-29-45(67)70/h24-27,34-38,41-42,48-51H,13-23,28-33H2,1-12H3,(H,60,73)(H,61,74)(H,62,68)(H,63,75)(H3,58,59,77)/t37-,38+,41-,42+,48-,49-,50-,51-/m0/s1. The third-order valence-corrected chi connectivity index (χ3v) is 15.0. The fourth-order valence-corrected chi connectivity index (χ4v) is 10.0. The van der Waals surface area contributed by atoms with Crippen LogP contribution in [-0.4, -0.2) is 162 Å². The lowest BCUT2D eigenvalue weighted by Gasteiger charge is -2.40. The average Bonchev–Trinajstić information content (AvgIpc) is 4.03. The monoisotopic (exact) mass is 1140 g/mol. The molecule has 0 aliphatic carbocycles. The fraction of sp³-hybridized carbons (Fsp3) is 0.702. The number of nitrogens with zero attached hydrogens (tertiary/aromatic N) is 4. The number of hydroxylamine groups is 2. The van der Waals surface area contributed by atoms with Gasteiger partial charge in [-0.05, 0) is 86.8 Å². The van der Waals surface area contributed by atoms with Crippen LogP contribution in [0.3, 0.4) is 0 Å². The summed E-state index contributed by atoms with van der Waals surface area (Å²) >= 11 is 0. The molecule has 0 unspecified atom stereocenters. The van der Waals surface area contributed by atoms with E-state index in [1.165, 1.54) is 11.9 Å². The minimum atomic E-state index is -1.11. The van der Waals surface area contributed by atoms with Crippen molar-refractivity contribution in [2.75, 3.05) is 39.6 Å². The molecule has 7 N–H and O–H groups in total. The Balaban J connectivity index is 1.60. The van der Waals surface area contributed by atoms with Crippen LogP contribution in [0.4, 0.5) is 15.3 Å². The normalized spacial score (nSPS) is 16.9. The molecule has 454 valence electrons. The molecule has 3 rings (SSSR count). The second kappa shape index (κ2) is 33.8. The number of ether oxygens (including phenoxy) is 2. The van der Waals surface area contributed by atoms with Gasteiger partial charge in [0, 0.05) is 71.7 Å². The zero-order chi connectivity index (χ0) is 60.7. The van der Waals surface area contributed by atoms with Gasteiger partial charge in [0.2, 0.25) is 35.4 Å². The Labute approximate surface area is 477 Å². The fourth-order valence-electron chi connectivity index (χ4n) is 10.0. The molecule has 1 aromatic rings. The third-order valence-electron chi connectivity index (χ3n) is 15.0. The number of carbonyl (C=O) groups excluding carboxylic acids is 11. The second-order valence-corrected chi connectivity index (χ2v) is 22.4. The average molecular weight is 1140 g/mol. The van der Waals surface area contributed by atoms with Crippen LogP contribution in [0, 0.1) is 23.7 Å². The molecular formula is C57H92N10O14. The van der Waals surface area contributed by atoms with Gasteiger partial charge >= 0.3 is 18.1 Å². The maximum absolute atomic E-state index is 14.4. The molecule has 2 fully saturated rings. The Morgan fingerprint density at radius 1 is 0.753 bits per heavy atom. The number of urea groups is 1. The van der Waals surface area contributed by atoms with E-state index in [0.717, 1.165) is 12.8 Å². The van der Waals surface area contributed by atoms with E-state index in [1.54, 1.807) is 71.0 Å². The number of anilines is 1. The minimum absolute atomic E-state index is 0.00230. The molecule has 1 aromatic carbocycles. The number of imide groups is 1. The quantitative estimate of drug-likeness (QED) is 0.0412. The molecule has 8 atom stereocenters. The van der Waals surface area contributed by atoms with Crippen molar-refractivity contribution in [3.8, 4) is 0 Å². The van der Waals surface area contributed by atoms with Crippen molar-refractivity contribution < 1.29 is 67.1 Å². The molecule has 2 aliphatic heterocycles. The van der Waals surface area contributed by atoms with Crippen LogP contribution in [0.2, 0.25) is 0 Å². The first-order valence-corrected chi connectivity index (χ1v) is 28.6. The van der Waals surface area contributed by atoms with Crippen LogP contribution < -0.4 is 32.3 Å². The summed E-state index contributed by atoms with van der Waals surface area (Å²) in [4.78, 5) is 152. The predicted molar refractivity (Wildman–Crippen MR) is 301 cm³/mol. The summed E-state index contributed by atoms with van der Waals surface area (Å²) in [6, 6.07) is 1.20. The lowest BCUT2D eigenvalue weighted by atomic mass is 9.89. The van der Waals surface area contributed by atoms with Gasteiger partial charge in [-0.3, -0.25) is 43.3 Å². The Morgan fingerprint density at radius 3 is 1.91 bits per heavy atom. The molecule has 2 aliphatic rings. The van der Waals surface area contributed by atoms with Gasteiger partial charge in [-0.25, -0.2) is 14.4 Å². The minimum Gasteiger partial charge on any atom is -0.445 e. The van der Waals surface area contributed by atoms with Gasteiger partial charge in [-0.1, -0.05) is 86.8 Å². The number of hydrogen-bond acceptors (Lipinski definition) is 14. The number of unbranched alkanes of at least 4 members (excludes halogenated alkanes) is 3. The van der Waals surface area contributed by atoms with E-state index in [0.29, 0.717) is 55.0 Å². The number of rotatable bonds is 33. The van der Waals surface area contributed by atoms with Crippen molar-refractivity contribution in [2.45, 2.75) is 201 Å². The number of likely N-dealkylation sites (N-methyl/N-ethyl adjacent to an activating group) is 2. The van der Waals surface area contributed by atoms with Crippen molar-refractivity contribution in [3.63, 3.8) is 0 Å². The highest BCUT2D eigenvalue weighted by molar-refractivity contribution is 6.01. The Morgan fingerprint density at radius 2 is 1.37 bits per heavy atom. The number of primary amides is 1. The Kier molecular flexibility index (Phi) is 28.5. The predicted octanol–water partition coefficient (Wildman–Crippen LogP) is 4.67. The number of nitrogens with one attached hydrogen (secondary N) is 5. The van der Waals surface area contributed by atoms with E-state index < -0.39 is 95.8 Å². The van der Waals surface area contributed by atoms with Crippen LogP contribution in [0.25, 0.3) is 0 Å². The van der Waals surface area contributed by atoms with E-state index in [9.17, 15) is 52.7 Å². The van der Waals surface area contributed by atoms with Crippen LogP contribution >= 0.6 is 0 Å². The smallest absolute Gasteiger partial charge is 0.410 e. The van der Waals surface area contributed by atoms with Crippen LogP contribution in [0.5, 0.6) is 0 Å². The molecule has 24 nitrogen and oxygen atoms in total. The number of hydrogen-bond donors (Lipinski definition) is 6. The number of amides is 11. The van der Waals surface area contributed by atoms with Crippen LogP contribution in [0.1, 0.15) is 158 Å². The summed E-state index contributed by atoms with van der Waals surface area (Å²) in [6.07, 6.45) is 3.75. The van der Waals surface area contributed by atoms with Gasteiger partial charge in [0.15, 0.2) is 0 Å². The number of benzene rings is 1. The molecular weight excluding hydrogens is 1050 g/mol. The highest BCUT2D eigenvalue weighted by atomic mass is 16.7. The molecule has 11 amide bonds. The largest absolute Gasteiger partial charge is 0.445 e. The summed E-state index contributed by atoms with van der Waals surface area (Å²) in [5, 5.41) is 14.2. The van der Waals surface area contributed by atoms with Crippen molar-refractivity contribution in [1.29, 1.82) is 0 Å². The maximum atomic E-state index is 14.4. The zero-order valence-corrected chi connectivity index (χ0v) is 49.8. The van der Waals surface area contributed by atoms with E-state index in [4.69, 9.17) is 20.0 Å². The number of carbonyl (C=O) groups is 11. The third kappa shape index (κ3) is 21.5. The first kappa shape index (κ1) is 68.4. The topological polar surface area (TPSA) is 315 Å². The summed E-state index contributed by atoms with van der Waals surface area (Å²) in [7, 11) is 4.67. The number of nitrogens with two attached hydrogens (primary N) is 1. The lowest BCUT2D eigenvalue weighted by molar-refractivity contribution is -0.197. The first-order chi connectivity index (χ1) is 38.2. The van der Waals surface area contributed by atoms with E-state index in [2.05, 4.69) is 26.6 Å². The molecule has 81 heavy (non-hydrogen) atoms. The zero-order valence-electron chi connectivity index (χ0n) is 49.8. The SMILES string of the molecule is CC[C@H](C)[C@@H]([C@@H](CC(=O)N1CCC[C@H]1C)OC)N(C)C(=O)[C@@H](NC(=O)[C@H](C(C)C)N(C)C(=O)OCc1ccc(NC(=O)[C@H](CCCNC(N)=O)NC(=O)[C@@H](NC(=O)CCCCCCC(=O)ON2C(=O)CCC2=O)C(C)C)cc1)C(C)C. The molecule has 0 radical (unpaired) electrons. The van der Waals surface area contributed by atoms with Crippen molar-refractivity contribution in [3.05, 3.63) is 29.8 Å². The van der Waals surface area contributed by atoms with Crippen molar-refractivity contribution >= 4 is 71.0 Å². The number of likely N-dealkylation sites (tertiary alicyclic amines) is 1. The first-order valence-electron chi connectivity index (χ1n) is 28.6. The van der Waals surface area contributed by atoms with E-state index >= 15 is 0 Å². The summed E-state index contributed by atoms with van der Waals surface area (Å²) in [6.45, 7) is 17.4. The van der Waals surface area contributed by atoms with Gasteiger partial charge in [-0.15, -0.1) is 5.06 Å². The highest BCUT2D eigenvalue weighted by Crippen LogP contribution is 2.26.